The Morgan fingerprint density at radius 3 is 2.27 bits per heavy atom. The summed E-state index contributed by atoms with van der Waals surface area (Å²) in [5.74, 6) is -0.355. The van der Waals surface area contributed by atoms with Gasteiger partial charge in [-0.05, 0) is 67.7 Å². The number of carbonyl (C=O) groups is 2. The fraction of sp³-hybridized carbons (Fsp3) is 0.360. The van der Waals surface area contributed by atoms with E-state index in [1.165, 1.54) is 28.1 Å². The Kier molecular flexibility index (Phi) is 6.41. The highest BCUT2D eigenvalue weighted by atomic mass is 32.2. The van der Waals surface area contributed by atoms with E-state index in [0.717, 1.165) is 12.0 Å². The first-order valence-electron chi connectivity index (χ1n) is 11.1. The third-order valence-corrected chi connectivity index (χ3v) is 8.51. The van der Waals surface area contributed by atoms with Gasteiger partial charge in [0.1, 0.15) is 0 Å². The van der Waals surface area contributed by atoms with Gasteiger partial charge in [0.2, 0.25) is 15.9 Å². The molecule has 1 saturated heterocycles. The van der Waals surface area contributed by atoms with Crippen molar-refractivity contribution in [3.8, 4) is 0 Å². The summed E-state index contributed by atoms with van der Waals surface area (Å²) >= 11 is 0. The van der Waals surface area contributed by atoms with Gasteiger partial charge >= 0.3 is 0 Å². The van der Waals surface area contributed by atoms with Crippen molar-refractivity contribution in [2.45, 2.75) is 43.2 Å². The van der Waals surface area contributed by atoms with Gasteiger partial charge in [-0.25, -0.2) is 8.42 Å². The molecule has 33 heavy (non-hydrogen) atoms. The van der Waals surface area contributed by atoms with Crippen LogP contribution in [0.2, 0.25) is 0 Å². The molecule has 2 aliphatic rings. The average Bonchev–Trinajstić information content (AvgIpc) is 2.83. The maximum Gasteiger partial charge on any atom is 0.254 e. The lowest BCUT2D eigenvalue weighted by atomic mass is 9.90. The van der Waals surface area contributed by atoms with Crippen LogP contribution in [0.5, 0.6) is 0 Å². The molecule has 2 aromatic rings. The minimum Gasteiger partial charge on any atom is -0.347 e. The van der Waals surface area contributed by atoms with Crippen molar-refractivity contribution in [1.82, 2.24) is 14.5 Å². The fourth-order valence-corrected chi connectivity index (χ4v) is 5.91. The van der Waals surface area contributed by atoms with Crippen LogP contribution >= 0.6 is 0 Å². The predicted octanol–water partition coefficient (Wildman–Crippen LogP) is 2.73. The highest BCUT2D eigenvalue weighted by molar-refractivity contribution is 7.89. The Morgan fingerprint density at radius 2 is 1.64 bits per heavy atom. The SMILES string of the molecule is C=CC(=O)NC1(C)CCN(S(=O)(=O)c2ccc(C(=O)N3CCc4ccccc4C3)cc2)CC1. The van der Waals surface area contributed by atoms with Crippen LogP contribution in [-0.4, -0.2) is 54.6 Å². The molecule has 0 aliphatic carbocycles. The number of sulfonamides is 1. The van der Waals surface area contributed by atoms with Crippen molar-refractivity contribution in [1.29, 1.82) is 0 Å². The first-order valence-corrected chi connectivity index (χ1v) is 12.6. The largest absolute Gasteiger partial charge is 0.347 e. The van der Waals surface area contributed by atoms with Gasteiger partial charge in [0.25, 0.3) is 5.91 Å². The molecule has 0 radical (unpaired) electrons. The maximum atomic E-state index is 13.1. The summed E-state index contributed by atoms with van der Waals surface area (Å²) in [4.78, 5) is 26.6. The Bertz CT molecular complexity index is 1170. The molecule has 1 fully saturated rings. The average molecular weight is 468 g/mol. The van der Waals surface area contributed by atoms with E-state index in [0.29, 0.717) is 44.6 Å². The predicted molar refractivity (Wildman–Crippen MR) is 126 cm³/mol. The molecule has 1 N–H and O–H groups in total. The number of hydrogen-bond donors (Lipinski definition) is 1. The second kappa shape index (κ2) is 9.11. The molecule has 7 nitrogen and oxygen atoms in total. The maximum absolute atomic E-state index is 13.1. The molecule has 0 saturated carbocycles. The van der Waals surface area contributed by atoms with Crippen molar-refractivity contribution in [3.05, 3.63) is 77.9 Å². The minimum absolute atomic E-state index is 0.0971. The van der Waals surface area contributed by atoms with Crippen LogP contribution in [0.1, 0.15) is 41.3 Å². The number of rotatable bonds is 5. The van der Waals surface area contributed by atoms with E-state index in [2.05, 4.69) is 18.0 Å². The minimum atomic E-state index is -3.68. The Morgan fingerprint density at radius 1 is 1.00 bits per heavy atom. The van der Waals surface area contributed by atoms with Gasteiger partial charge in [-0.3, -0.25) is 9.59 Å². The Labute approximate surface area is 195 Å². The summed E-state index contributed by atoms with van der Waals surface area (Å²) in [7, 11) is -3.68. The molecule has 4 rings (SSSR count). The third kappa shape index (κ3) is 4.86. The van der Waals surface area contributed by atoms with Gasteiger partial charge in [0.15, 0.2) is 0 Å². The monoisotopic (exact) mass is 467 g/mol. The van der Waals surface area contributed by atoms with Gasteiger partial charge in [0.05, 0.1) is 4.90 Å². The summed E-state index contributed by atoms with van der Waals surface area (Å²) in [5.41, 5.74) is 2.44. The van der Waals surface area contributed by atoms with E-state index < -0.39 is 15.6 Å². The zero-order valence-corrected chi connectivity index (χ0v) is 19.6. The molecule has 0 spiro atoms. The molecular weight excluding hydrogens is 438 g/mol. The number of benzene rings is 2. The first kappa shape index (κ1) is 23.2. The second-order valence-electron chi connectivity index (χ2n) is 8.93. The number of hydrogen-bond acceptors (Lipinski definition) is 4. The van der Waals surface area contributed by atoms with Crippen molar-refractivity contribution in [3.63, 3.8) is 0 Å². The van der Waals surface area contributed by atoms with Crippen LogP contribution < -0.4 is 5.32 Å². The second-order valence-corrected chi connectivity index (χ2v) is 10.9. The molecule has 0 bridgehead atoms. The first-order chi connectivity index (χ1) is 15.7. The zero-order chi connectivity index (χ0) is 23.6. The molecule has 174 valence electrons. The highest BCUT2D eigenvalue weighted by Gasteiger charge is 2.36. The van der Waals surface area contributed by atoms with E-state index in [9.17, 15) is 18.0 Å². The number of nitrogens with one attached hydrogen (secondary N) is 1. The summed E-state index contributed by atoms with van der Waals surface area (Å²) < 4.78 is 27.7. The molecule has 2 aromatic carbocycles. The summed E-state index contributed by atoms with van der Waals surface area (Å²) in [5, 5.41) is 2.89. The molecule has 0 aromatic heterocycles. The van der Waals surface area contributed by atoms with Gasteiger partial charge in [-0.15, -0.1) is 0 Å². The van der Waals surface area contributed by atoms with Crippen LogP contribution in [0.4, 0.5) is 0 Å². The van der Waals surface area contributed by atoms with Crippen molar-refractivity contribution < 1.29 is 18.0 Å². The lowest BCUT2D eigenvalue weighted by Gasteiger charge is -2.39. The van der Waals surface area contributed by atoms with Crippen LogP contribution in [-0.2, 0) is 27.8 Å². The van der Waals surface area contributed by atoms with E-state index >= 15 is 0 Å². The van der Waals surface area contributed by atoms with Crippen molar-refractivity contribution >= 4 is 21.8 Å². The smallest absolute Gasteiger partial charge is 0.254 e. The van der Waals surface area contributed by atoms with Crippen molar-refractivity contribution in [2.75, 3.05) is 19.6 Å². The molecule has 2 heterocycles. The number of piperidine rings is 1. The van der Waals surface area contributed by atoms with E-state index in [1.807, 2.05) is 25.1 Å². The molecule has 0 atom stereocenters. The molecule has 0 unspecified atom stereocenters. The van der Waals surface area contributed by atoms with Gasteiger partial charge in [0, 0.05) is 37.3 Å². The standard InChI is InChI=1S/C25H29N3O4S/c1-3-23(29)26-25(2)13-16-28(17-14-25)33(31,32)22-10-8-20(9-11-22)24(30)27-15-12-19-6-4-5-7-21(19)18-27/h3-11H,1,12-18H2,2H3,(H,26,29). The zero-order valence-electron chi connectivity index (χ0n) is 18.8. The number of nitrogens with zero attached hydrogens (tertiary/aromatic N) is 2. The number of amides is 2. The highest BCUT2D eigenvalue weighted by Crippen LogP contribution is 2.27. The lowest BCUT2D eigenvalue weighted by molar-refractivity contribution is -0.118. The number of fused-ring (bicyclic) bond motifs is 1. The molecule has 2 amide bonds. The van der Waals surface area contributed by atoms with E-state index in [-0.39, 0.29) is 16.7 Å². The van der Waals surface area contributed by atoms with E-state index in [4.69, 9.17) is 0 Å². The molecule has 8 heteroatoms. The van der Waals surface area contributed by atoms with Crippen LogP contribution in [0.25, 0.3) is 0 Å². The Hall–Kier alpha value is -2.97. The molecular formula is C25H29N3O4S. The summed E-state index contributed by atoms with van der Waals surface area (Å²) in [6.07, 6.45) is 3.06. The number of carbonyl (C=O) groups excluding carboxylic acids is 2. The Balaban J connectivity index is 1.42. The quantitative estimate of drug-likeness (QED) is 0.685. The molecule has 2 aliphatic heterocycles. The normalized spacial score (nSPS) is 18.3. The van der Waals surface area contributed by atoms with E-state index in [1.54, 1.807) is 17.0 Å². The van der Waals surface area contributed by atoms with Crippen LogP contribution in [0, 0.1) is 0 Å². The van der Waals surface area contributed by atoms with Gasteiger partial charge < -0.3 is 10.2 Å². The fourth-order valence-electron chi connectivity index (χ4n) is 4.46. The van der Waals surface area contributed by atoms with Crippen molar-refractivity contribution in [2.24, 2.45) is 0 Å². The van der Waals surface area contributed by atoms with Crippen LogP contribution in [0.3, 0.4) is 0 Å². The summed E-state index contributed by atoms with van der Waals surface area (Å²) in [6, 6.07) is 14.3. The van der Waals surface area contributed by atoms with Gasteiger partial charge in [-0.1, -0.05) is 30.8 Å². The van der Waals surface area contributed by atoms with Gasteiger partial charge in [-0.2, -0.15) is 4.31 Å². The third-order valence-electron chi connectivity index (χ3n) is 6.59. The lowest BCUT2D eigenvalue weighted by Crippen LogP contribution is -2.53. The topological polar surface area (TPSA) is 86.8 Å². The van der Waals surface area contributed by atoms with Crippen LogP contribution in [0.15, 0.2) is 66.1 Å². The summed E-state index contributed by atoms with van der Waals surface area (Å²) in [6.45, 7) is 7.20.